The van der Waals surface area contributed by atoms with Crippen molar-refractivity contribution in [1.29, 1.82) is 0 Å². The second-order valence-corrected chi connectivity index (χ2v) is 7.07. The van der Waals surface area contributed by atoms with Crippen LogP contribution >= 0.6 is 0 Å². The Bertz CT molecular complexity index is 822. The van der Waals surface area contributed by atoms with Crippen LogP contribution in [0.5, 0.6) is 5.75 Å². The number of rotatable bonds is 7. The molecule has 0 bridgehead atoms. The van der Waals surface area contributed by atoms with Crippen LogP contribution in [0.3, 0.4) is 0 Å². The highest BCUT2D eigenvalue weighted by molar-refractivity contribution is 5.31. The van der Waals surface area contributed by atoms with Crippen LogP contribution in [0.15, 0.2) is 40.4 Å². The van der Waals surface area contributed by atoms with E-state index in [0.29, 0.717) is 5.76 Å². The highest BCUT2D eigenvalue weighted by Gasteiger charge is 2.32. The van der Waals surface area contributed by atoms with Crippen molar-refractivity contribution in [2.45, 2.75) is 51.6 Å². The number of hydrogen-bond acceptors (Lipinski definition) is 4. The van der Waals surface area contributed by atoms with Gasteiger partial charge in [-0.1, -0.05) is 12.1 Å². The first kappa shape index (κ1) is 17.3. The molecular weight excluding hydrogens is 318 g/mol. The van der Waals surface area contributed by atoms with Gasteiger partial charge in [-0.2, -0.15) is 5.10 Å². The van der Waals surface area contributed by atoms with Crippen molar-refractivity contribution in [1.82, 2.24) is 14.8 Å². The summed E-state index contributed by atoms with van der Waals surface area (Å²) in [6.07, 6.45) is 4.51. The van der Waals surface area contributed by atoms with Crippen molar-refractivity contribution >= 4 is 0 Å². The molecule has 2 N–H and O–H groups in total. The van der Waals surface area contributed by atoms with E-state index in [4.69, 9.17) is 4.74 Å². The molecule has 2 aromatic rings. The molecule has 0 amide bonds. The molecule has 1 aliphatic rings. The topological polar surface area (TPSA) is 80.1 Å². The fraction of sp³-hybridized carbons (Fsp3) is 0.474. The van der Waals surface area contributed by atoms with Gasteiger partial charge in [0.15, 0.2) is 5.60 Å². The Morgan fingerprint density at radius 3 is 2.52 bits per heavy atom. The highest BCUT2D eigenvalue weighted by Crippen LogP contribution is 2.36. The van der Waals surface area contributed by atoms with E-state index < -0.39 is 5.60 Å². The zero-order valence-electron chi connectivity index (χ0n) is 15.0. The Kier molecular flexibility index (Phi) is 4.70. The lowest BCUT2D eigenvalue weighted by Gasteiger charge is -2.26. The molecule has 134 valence electrons. The molecule has 0 unspecified atom stereocenters. The largest absolute Gasteiger partial charge is 0.508 e. The predicted octanol–water partition coefficient (Wildman–Crippen LogP) is 3.05. The van der Waals surface area contributed by atoms with E-state index in [-0.39, 0.29) is 5.69 Å². The van der Waals surface area contributed by atoms with Gasteiger partial charge in [0.25, 0.3) is 0 Å². The summed E-state index contributed by atoms with van der Waals surface area (Å²) < 4.78 is 7.49. The van der Waals surface area contributed by atoms with Crippen LogP contribution in [-0.4, -0.2) is 25.5 Å². The number of H-pyrrole nitrogens is 1. The van der Waals surface area contributed by atoms with Crippen LogP contribution < -0.4 is 10.4 Å². The second kappa shape index (κ2) is 6.78. The van der Waals surface area contributed by atoms with Gasteiger partial charge in [-0.05, 0) is 62.8 Å². The number of aliphatic hydroxyl groups excluding tert-OH is 1. The number of ether oxygens (including phenoxy) is 1. The van der Waals surface area contributed by atoms with Crippen LogP contribution in [0.4, 0.5) is 0 Å². The monoisotopic (exact) mass is 343 g/mol. The summed E-state index contributed by atoms with van der Waals surface area (Å²) in [6, 6.07) is 7.95. The summed E-state index contributed by atoms with van der Waals surface area (Å²) in [7, 11) is 1.72. The molecule has 1 aromatic heterocycles. The first-order valence-electron chi connectivity index (χ1n) is 8.66. The van der Waals surface area contributed by atoms with Gasteiger partial charge in [0.05, 0.1) is 0 Å². The number of aryl methyl sites for hydroxylation is 2. The molecule has 0 radical (unpaired) electrons. The first-order chi connectivity index (χ1) is 11.9. The molecule has 0 atom stereocenters. The number of allylic oxidation sites excluding steroid dienone is 1. The molecule has 1 aliphatic carbocycles. The smallest absolute Gasteiger partial charge is 0.343 e. The fourth-order valence-corrected chi connectivity index (χ4v) is 2.85. The van der Waals surface area contributed by atoms with E-state index in [1.807, 2.05) is 38.1 Å². The lowest BCUT2D eigenvalue weighted by molar-refractivity contribution is 0.0953. The summed E-state index contributed by atoms with van der Waals surface area (Å²) in [6.45, 7) is 3.77. The Labute approximate surface area is 147 Å². The molecule has 1 saturated carbocycles. The molecule has 3 rings (SSSR count). The zero-order chi connectivity index (χ0) is 18.0. The van der Waals surface area contributed by atoms with Gasteiger partial charge in [0.1, 0.15) is 17.3 Å². The van der Waals surface area contributed by atoms with Gasteiger partial charge < -0.3 is 9.84 Å². The maximum Gasteiger partial charge on any atom is 0.343 e. The second-order valence-electron chi connectivity index (χ2n) is 7.07. The molecule has 0 spiro atoms. The molecule has 6 heteroatoms. The number of aromatic nitrogens is 3. The van der Waals surface area contributed by atoms with E-state index in [2.05, 4.69) is 10.2 Å². The Hall–Kier alpha value is -2.50. The third kappa shape index (κ3) is 4.13. The quantitative estimate of drug-likeness (QED) is 0.757. The van der Waals surface area contributed by atoms with Crippen LogP contribution in [0, 0.1) is 0 Å². The maximum absolute atomic E-state index is 11.3. The van der Waals surface area contributed by atoms with Crippen molar-refractivity contribution in [3.63, 3.8) is 0 Å². The van der Waals surface area contributed by atoms with E-state index in [1.165, 1.54) is 5.56 Å². The zero-order valence-corrected chi connectivity index (χ0v) is 15.0. The SMILES string of the molecule is Cn1c(CCCc2ccc(OC(C)(C)C(O)=C3CC3)cc2)n[nH]c1=O. The van der Waals surface area contributed by atoms with Gasteiger partial charge in [-0.25, -0.2) is 9.89 Å². The van der Waals surface area contributed by atoms with E-state index >= 15 is 0 Å². The Morgan fingerprint density at radius 1 is 1.28 bits per heavy atom. The summed E-state index contributed by atoms with van der Waals surface area (Å²) in [5.41, 5.74) is 1.42. The number of benzene rings is 1. The van der Waals surface area contributed by atoms with Crippen LogP contribution in [0.25, 0.3) is 0 Å². The van der Waals surface area contributed by atoms with Gasteiger partial charge in [0.2, 0.25) is 0 Å². The summed E-state index contributed by atoms with van der Waals surface area (Å²) in [5, 5.41) is 16.7. The maximum atomic E-state index is 11.3. The van der Waals surface area contributed by atoms with Crippen LogP contribution in [0.1, 0.15) is 44.5 Å². The summed E-state index contributed by atoms with van der Waals surface area (Å²) in [5.74, 6) is 1.88. The number of aliphatic hydroxyl groups is 1. The number of nitrogens with one attached hydrogen (secondary N) is 1. The van der Waals surface area contributed by atoms with Gasteiger partial charge >= 0.3 is 5.69 Å². The minimum absolute atomic E-state index is 0.177. The summed E-state index contributed by atoms with van der Waals surface area (Å²) >= 11 is 0. The third-order valence-corrected chi connectivity index (χ3v) is 4.54. The molecule has 1 heterocycles. The van der Waals surface area contributed by atoms with Gasteiger partial charge in [0, 0.05) is 13.5 Å². The van der Waals surface area contributed by atoms with Gasteiger partial charge in [-0.3, -0.25) is 4.57 Å². The number of aromatic amines is 1. The van der Waals surface area contributed by atoms with Crippen molar-refractivity contribution < 1.29 is 9.84 Å². The Balaban J connectivity index is 1.54. The fourth-order valence-electron chi connectivity index (χ4n) is 2.85. The number of hydrogen-bond donors (Lipinski definition) is 2. The summed E-state index contributed by atoms with van der Waals surface area (Å²) in [4.78, 5) is 11.3. The van der Waals surface area contributed by atoms with E-state index in [1.54, 1.807) is 11.6 Å². The molecule has 0 aliphatic heterocycles. The lowest BCUT2D eigenvalue weighted by atomic mass is 10.1. The minimum atomic E-state index is -0.696. The van der Waals surface area contributed by atoms with Crippen molar-refractivity contribution in [3.8, 4) is 5.75 Å². The molecule has 1 fully saturated rings. The molecule has 1 aromatic carbocycles. The molecular formula is C19H25N3O3. The molecule has 6 nitrogen and oxygen atoms in total. The average molecular weight is 343 g/mol. The normalized spacial score (nSPS) is 13.8. The van der Waals surface area contributed by atoms with Gasteiger partial charge in [-0.15, -0.1) is 0 Å². The number of nitrogens with zero attached hydrogens (tertiary/aromatic N) is 2. The van der Waals surface area contributed by atoms with Crippen LogP contribution in [-0.2, 0) is 19.9 Å². The predicted molar refractivity (Wildman–Crippen MR) is 95.9 cm³/mol. The molecule has 25 heavy (non-hydrogen) atoms. The first-order valence-corrected chi connectivity index (χ1v) is 8.66. The van der Waals surface area contributed by atoms with Crippen molar-refractivity contribution in [2.75, 3.05) is 0 Å². The van der Waals surface area contributed by atoms with Crippen molar-refractivity contribution in [2.24, 2.45) is 7.05 Å². The van der Waals surface area contributed by atoms with Crippen molar-refractivity contribution in [3.05, 3.63) is 57.5 Å². The van der Waals surface area contributed by atoms with Crippen LogP contribution in [0.2, 0.25) is 0 Å². The lowest BCUT2D eigenvalue weighted by Crippen LogP contribution is -2.31. The Morgan fingerprint density at radius 2 is 1.96 bits per heavy atom. The molecule has 0 saturated heterocycles. The minimum Gasteiger partial charge on any atom is -0.508 e. The third-order valence-electron chi connectivity index (χ3n) is 4.54. The van der Waals surface area contributed by atoms with E-state index in [9.17, 15) is 9.90 Å². The highest BCUT2D eigenvalue weighted by atomic mass is 16.5. The average Bonchev–Trinajstić information content (AvgIpc) is 3.37. The van der Waals surface area contributed by atoms with E-state index in [0.717, 1.165) is 49.3 Å². The standard InChI is InChI=1S/C19H25N3O3/c1-19(2,17(23)14-9-10-14)25-15-11-7-13(8-12-15)5-4-6-16-20-21-18(24)22(16)3/h7-8,11-12,23H,4-6,9-10H2,1-3H3,(H,21,24).